The maximum Gasteiger partial charge on any atom is 0.264 e. The molecule has 0 spiro atoms. The van der Waals surface area contributed by atoms with Crippen molar-refractivity contribution in [3.63, 3.8) is 0 Å². The van der Waals surface area contributed by atoms with Crippen molar-refractivity contribution in [2.75, 3.05) is 19.6 Å². The van der Waals surface area contributed by atoms with E-state index in [9.17, 15) is 14.7 Å². The van der Waals surface area contributed by atoms with Crippen LogP contribution in [-0.4, -0.2) is 58.0 Å². The molecule has 1 atom stereocenters. The monoisotopic (exact) mass is 322 g/mol. The number of β-amino-alcohol motifs (C(OH)–C–C–N with tert-alkyl or cyclic N) is 1. The molecule has 1 aromatic rings. The molecule has 0 bridgehead atoms. The Hall–Kier alpha value is -1.40. The molecule has 2 aliphatic rings. The lowest BCUT2D eigenvalue weighted by Gasteiger charge is -2.48. The molecule has 5 nitrogen and oxygen atoms in total. The average molecular weight is 322 g/mol. The largest absolute Gasteiger partial charge is 0.386 e. The summed E-state index contributed by atoms with van der Waals surface area (Å²) in [5.74, 6) is -0.0537. The summed E-state index contributed by atoms with van der Waals surface area (Å²) >= 11 is 1.41. The number of amides is 2. The Balaban J connectivity index is 1.70. The minimum Gasteiger partial charge on any atom is -0.386 e. The predicted molar refractivity (Wildman–Crippen MR) is 84.8 cm³/mol. The zero-order valence-electron chi connectivity index (χ0n) is 12.8. The highest BCUT2D eigenvalue weighted by atomic mass is 32.1. The van der Waals surface area contributed by atoms with Crippen molar-refractivity contribution in [1.82, 2.24) is 9.80 Å². The van der Waals surface area contributed by atoms with Gasteiger partial charge in [0.25, 0.3) is 5.91 Å². The van der Waals surface area contributed by atoms with E-state index >= 15 is 0 Å². The average Bonchev–Trinajstić information content (AvgIpc) is 3.05. The Morgan fingerprint density at radius 3 is 2.82 bits per heavy atom. The number of carbonyl (C=O) groups is 2. The molecule has 2 aliphatic heterocycles. The topological polar surface area (TPSA) is 60.9 Å². The number of hydrogen-bond donors (Lipinski definition) is 1. The van der Waals surface area contributed by atoms with Gasteiger partial charge in [0, 0.05) is 6.54 Å². The zero-order chi connectivity index (χ0) is 15.7. The summed E-state index contributed by atoms with van der Waals surface area (Å²) in [4.78, 5) is 29.4. The number of piperidine rings is 1. The first-order valence-electron chi connectivity index (χ1n) is 7.90. The molecule has 1 aromatic heterocycles. The number of rotatable bonds is 3. The first kappa shape index (κ1) is 15.5. The molecular weight excluding hydrogens is 300 g/mol. The van der Waals surface area contributed by atoms with Gasteiger partial charge in [0.15, 0.2) is 0 Å². The maximum absolute atomic E-state index is 12.7. The van der Waals surface area contributed by atoms with E-state index < -0.39 is 5.60 Å². The molecule has 2 fully saturated rings. The summed E-state index contributed by atoms with van der Waals surface area (Å²) < 4.78 is 0. The second kappa shape index (κ2) is 6.01. The Morgan fingerprint density at radius 1 is 1.41 bits per heavy atom. The molecule has 1 unspecified atom stereocenters. The highest BCUT2D eigenvalue weighted by Crippen LogP contribution is 2.29. The minimum absolute atomic E-state index is 0.0114. The van der Waals surface area contributed by atoms with Crippen LogP contribution in [-0.2, 0) is 4.79 Å². The molecule has 1 N–H and O–H groups in total. The normalized spacial score (nSPS) is 24.0. The number of aliphatic hydroxyl groups is 1. The molecule has 2 saturated heterocycles. The van der Waals surface area contributed by atoms with Gasteiger partial charge in [-0.1, -0.05) is 13.0 Å². The Morgan fingerprint density at radius 2 is 2.18 bits per heavy atom. The van der Waals surface area contributed by atoms with Crippen molar-refractivity contribution in [2.45, 2.75) is 44.2 Å². The number of thiophene rings is 1. The van der Waals surface area contributed by atoms with Crippen molar-refractivity contribution in [3.8, 4) is 0 Å². The van der Waals surface area contributed by atoms with E-state index in [0.29, 0.717) is 30.9 Å². The lowest BCUT2D eigenvalue weighted by molar-refractivity contribution is -0.161. The van der Waals surface area contributed by atoms with Gasteiger partial charge in [-0.3, -0.25) is 9.59 Å². The third-order valence-corrected chi connectivity index (χ3v) is 5.58. The molecule has 3 heterocycles. The van der Waals surface area contributed by atoms with Crippen LogP contribution in [0.15, 0.2) is 17.5 Å². The van der Waals surface area contributed by atoms with Crippen LogP contribution in [0.1, 0.15) is 42.3 Å². The quantitative estimate of drug-likeness (QED) is 0.922. The van der Waals surface area contributed by atoms with E-state index in [0.717, 1.165) is 19.3 Å². The molecule has 6 heteroatoms. The van der Waals surface area contributed by atoms with Gasteiger partial charge in [-0.15, -0.1) is 11.3 Å². The van der Waals surface area contributed by atoms with E-state index in [1.807, 2.05) is 24.4 Å². The molecule has 0 saturated carbocycles. The summed E-state index contributed by atoms with van der Waals surface area (Å²) in [6.07, 6.45) is 3.28. The molecule has 0 aliphatic carbocycles. The van der Waals surface area contributed by atoms with E-state index in [-0.39, 0.29) is 17.9 Å². The van der Waals surface area contributed by atoms with Crippen molar-refractivity contribution in [2.24, 2.45) is 0 Å². The van der Waals surface area contributed by atoms with Crippen molar-refractivity contribution < 1.29 is 14.7 Å². The van der Waals surface area contributed by atoms with E-state index in [1.54, 1.807) is 9.80 Å². The van der Waals surface area contributed by atoms with Gasteiger partial charge in [0.1, 0.15) is 6.04 Å². The van der Waals surface area contributed by atoms with Crippen molar-refractivity contribution >= 4 is 23.2 Å². The first-order valence-corrected chi connectivity index (χ1v) is 8.78. The summed E-state index contributed by atoms with van der Waals surface area (Å²) in [5.41, 5.74) is -0.729. The zero-order valence-corrected chi connectivity index (χ0v) is 13.6. The Labute approximate surface area is 134 Å². The van der Waals surface area contributed by atoms with Gasteiger partial charge in [0.05, 0.1) is 23.6 Å². The smallest absolute Gasteiger partial charge is 0.264 e. The van der Waals surface area contributed by atoms with Gasteiger partial charge in [0.2, 0.25) is 5.91 Å². The molecule has 22 heavy (non-hydrogen) atoms. The van der Waals surface area contributed by atoms with E-state index in [2.05, 4.69) is 0 Å². The highest BCUT2D eigenvalue weighted by molar-refractivity contribution is 7.12. The SMILES string of the molecule is CCC1(O)CN(C(=O)C2CCCCN2C(=O)c2cccs2)C1. The van der Waals surface area contributed by atoms with Crippen molar-refractivity contribution in [3.05, 3.63) is 22.4 Å². The third kappa shape index (κ3) is 2.77. The fraction of sp³-hybridized carbons (Fsp3) is 0.625. The van der Waals surface area contributed by atoms with E-state index in [4.69, 9.17) is 0 Å². The lowest BCUT2D eigenvalue weighted by atomic mass is 9.89. The molecule has 120 valence electrons. The predicted octanol–water partition coefficient (Wildman–Crippen LogP) is 1.73. The molecule has 0 aromatic carbocycles. The standard InChI is InChI=1S/C16H22N2O3S/c1-2-16(21)10-17(11-16)14(19)12-6-3-4-8-18(12)15(20)13-7-5-9-22-13/h5,7,9,12,21H,2-4,6,8,10-11H2,1H3. The van der Waals surface area contributed by atoms with Crippen LogP contribution in [0.5, 0.6) is 0 Å². The van der Waals surface area contributed by atoms with Crippen LogP contribution in [0.2, 0.25) is 0 Å². The number of carbonyl (C=O) groups excluding carboxylic acids is 2. The van der Waals surface area contributed by atoms with Gasteiger partial charge in [-0.2, -0.15) is 0 Å². The third-order valence-electron chi connectivity index (χ3n) is 4.72. The van der Waals surface area contributed by atoms with Crippen LogP contribution < -0.4 is 0 Å². The first-order chi connectivity index (χ1) is 10.5. The molecule has 2 amide bonds. The second-order valence-electron chi connectivity index (χ2n) is 6.26. The summed E-state index contributed by atoms with van der Waals surface area (Å²) in [6, 6.07) is 3.29. The number of likely N-dealkylation sites (tertiary alicyclic amines) is 2. The van der Waals surface area contributed by atoms with Crippen LogP contribution in [0.4, 0.5) is 0 Å². The van der Waals surface area contributed by atoms with Gasteiger partial charge < -0.3 is 14.9 Å². The fourth-order valence-electron chi connectivity index (χ4n) is 3.23. The van der Waals surface area contributed by atoms with E-state index in [1.165, 1.54) is 11.3 Å². The van der Waals surface area contributed by atoms with Gasteiger partial charge in [-0.05, 0) is 37.1 Å². The molecular formula is C16H22N2O3S. The Bertz CT molecular complexity index is 552. The van der Waals surface area contributed by atoms with Crippen LogP contribution >= 0.6 is 11.3 Å². The van der Waals surface area contributed by atoms with Crippen LogP contribution in [0.25, 0.3) is 0 Å². The van der Waals surface area contributed by atoms with Gasteiger partial charge in [-0.25, -0.2) is 0 Å². The van der Waals surface area contributed by atoms with Crippen LogP contribution in [0.3, 0.4) is 0 Å². The minimum atomic E-state index is -0.729. The molecule has 0 radical (unpaired) electrons. The summed E-state index contributed by atoms with van der Waals surface area (Å²) in [7, 11) is 0. The summed E-state index contributed by atoms with van der Waals surface area (Å²) in [6.45, 7) is 3.34. The van der Waals surface area contributed by atoms with Crippen LogP contribution in [0, 0.1) is 0 Å². The highest BCUT2D eigenvalue weighted by Gasteiger charge is 2.45. The Kier molecular flexibility index (Phi) is 4.23. The summed E-state index contributed by atoms with van der Waals surface area (Å²) in [5, 5.41) is 12.0. The fourth-order valence-corrected chi connectivity index (χ4v) is 3.91. The van der Waals surface area contributed by atoms with Gasteiger partial charge >= 0.3 is 0 Å². The lowest BCUT2D eigenvalue weighted by Crippen LogP contribution is -2.66. The maximum atomic E-state index is 12.7. The second-order valence-corrected chi connectivity index (χ2v) is 7.21. The number of nitrogens with zero attached hydrogens (tertiary/aromatic N) is 2. The molecule has 3 rings (SSSR count). The van der Waals surface area contributed by atoms with Crippen molar-refractivity contribution in [1.29, 1.82) is 0 Å². The number of hydrogen-bond acceptors (Lipinski definition) is 4.